The maximum Gasteiger partial charge on any atom is 0.0758 e. The lowest BCUT2D eigenvalue weighted by molar-refractivity contribution is 0.361. The van der Waals surface area contributed by atoms with Gasteiger partial charge in [0.15, 0.2) is 0 Å². The summed E-state index contributed by atoms with van der Waals surface area (Å²) >= 11 is 0. The van der Waals surface area contributed by atoms with Crippen LogP contribution in [0.4, 0.5) is 0 Å². The highest BCUT2D eigenvalue weighted by Crippen LogP contribution is 2.01. The van der Waals surface area contributed by atoms with Crippen LogP contribution in [-0.4, -0.2) is 0 Å². The summed E-state index contributed by atoms with van der Waals surface area (Å²) in [5, 5.41) is 0. The first-order valence-electron chi connectivity index (χ1n) is 2.71. The number of hydrogen-bond acceptors (Lipinski definition) is 1. The molecule has 0 fully saturated rings. The van der Waals surface area contributed by atoms with E-state index in [1.54, 1.807) is 0 Å². The average molecular weight is 139 g/mol. The largest absolute Gasteiger partial charge is 0.361 e. The van der Waals surface area contributed by atoms with Crippen LogP contribution in [-0.2, 0) is 11.1 Å². The molecule has 0 bridgehead atoms. The molecule has 1 aromatic carbocycles. The molecule has 0 aromatic heterocycles. The molecule has 1 atom stereocenters. The van der Waals surface area contributed by atoms with Crippen LogP contribution in [0.2, 0.25) is 0 Å². The molecule has 2 heteroatoms. The molecule has 0 saturated heterocycles. The molecular weight excluding hydrogens is 131 g/mol. The number of rotatable bonds is 2. The Morgan fingerprint density at radius 1 is 1.56 bits per heavy atom. The van der Waals surface area contributed by atoms with Gasteiger partial charge in [-0.1, -0.05) is 24.3 Å². The summed E-state index contributed by atoms with van der Waals surface area (Å²) in [4.78, 5) is 0. The zero-order valence-corrected chi connectivity index (χ0v) is 6.16. The first-order valence-corrected chi connectivity index (χ1v) is 3.18. The minimum atomic E-state index is 0.617. The van der Waals surface area contributed by atoms with Crippen molar-refractivity contribution in [1.82, 2.24) is 0 Å². The molecule has 1 rings (SSSR count). The van der Waals surface area contributed by atoms with Gasteiger partial charge in [-0.15, -0.1) is 0 Å². The predicted octanol–water partition coefficient (Wildman–Crippen LogP) is 1.79. The normalized spacial score (nSPS) is 9.44. The summed E-state index contributed by atoms with van der Waals surface area (Å²) < 4.78 is 4.81. The van der Waals surface area contributed by atoms with Gasteiger partial charge in [-0.05, 0) is 11.6 Å². The molecule has 1 unspecified atom stereocenters. The molecule has 0 aliphatic heterocycles. The van der Waals surface area contributed by atoms with Crippen molar-refractivity contribution in [2.75, 3.05) is 0 Å². The molecule has 0 amide bonds. The van der Waals surface area contributed by atoms with Crippen molar-refractivity contribution in [2.45, 2.75) is 6.61 Å². The zero-order chi connectivity index (χ0) is 6.53. The van der Waals surface area contributed by atoms with Gasteiger partial charge in [0.1, 0.15) is 0 Å². The highest BCUT2D eigenvalue weighted by Gasteiger charge is 1.85. The Balaban J connectivity index is 2.61. The van der Waals surface area contributed by atoms with Gasteiger partial charge in [-0.3, -0.25) is 0 Å². The lowest BCUT2D eigenvalue weighted by Gasteiger charge is -1.94. The fraction of sp³-hybridized carbons (Fsp3) is 0.143. The van der Waals surface area contributed by atoms with E-state index in [-0.39, 0.29) is 0 Å². The maximum atomic E-state index is 4.81. The van der Waals surface area contributed by atoms with E-state index in [1.165, 1.54) is 0 Å². The monoisotopic (exact) mass is 139 g/mol. The van der Waals surface area contributed by atoms with Gasteiger partial charge in [0.05, 0.1) is 6.61 Å². The van der Waals surface area contributed by atoms with Crippen LogP contribution in [0, 0.1) is 6.07 Å². The van der Waals surface area contributed by atoms with E-state index in [1.807, 2.05) is 24.3 Å². The van der Waals surface area contributed by atoms with Gasteiger partial charge in [-0.25, -0.2) is 0 Å². The Hall–Kier alpha value is -0.390. The predicted molar refractivity (Wildman–Crippen MR) is 39.8 cm³/mol. The average Bonchev–Trinajstić information content (AvgIpc) is 1.91. The van der Waals surface area contributed by atoms with Crippen LogP contribution < -0.4 is 0 Å². The van der Waals surface area contributed by atoms with Gasteiger partial charge < -0.3 is 4.52 Å². The summed E-state index contributed by atoms with van der Waals surface area (Å²) in [6.07, 6.45) is 0. The Morgan fingerprint density at radius 2 is 2.44 bits per heavy atom. The molecule has 1 nitrogen and oxygen atoms in total. The van der Waals surface area contributed by atoms with Crippen molar-refractivity contribution in [1.29, 1.82) is 0 Å². The lowest BCUT2D eigenvalue weighted by atomic mass is 10.2. The summed E-state index contributed by atoms with van der Waals surface area (Å²) in [6.45, 7) is 0.617. The summed E-state index contributed by atoms with van der Waals surface area (Å²) in [5.41, 5.74) is 1.08. The summed E-state index contributed by atoms with van der Waals surface area (Å²) in [5.74, 6) is 0. The van der Waals surface area contributed by atoms with Crippen molar-refractivity contribution in [2.24, 2.45) is 0 Å². The van der Waals surface area contributed by atoms with Gasteiger partial charge in [0.2, 0.25) is 0 Å². The fourth-order valence-corrected chi connectivity index (χ4v) is 0.790. The van der Waals surface area contributed by atoms with Crippen molar-refractivity contribution in [3.63, 3.8) is 0 Å². The lowest BCUT2D eigenvalue weighted by Crippen LogP contribution is -1.80. The van der Waals surface area contributed by atoms with Crippen molar-refractivity contribution in [3.8, 4) is 0 Å². The smallest absolute Gasteiger partial charge is 0.0758 e. The van der Waals surface area contributed by atoms with Crippen LogP contribution in [0.25, 0.3) is 0 Å². The second-order valence-electron chi connectivity index (χ2n) is 1.70. The molecule has 47 valence electrons. The summed E-state index contributed by atoms with van der Waals surface area (Å²) in [7, 11) is 2.21. The van der Waals surface area contributed by atoms with Crippen LogP contribution >= 0.6 is 9.47 Å². The molecular formula is C7H8OP. The molecule has 9 heavy (non-hydrogen) atoms. The third-order valence-electron chi connectivity index (χ3n) is 1.01. The minimum absolute atomic E-state index is 0.617. The Bertz CT molecular complexity index is 162. The number of hydrogen-bond donors (Lipinski definition) is 0. The van der Waals surface area contributed by atoms with E-state index in [4.69, 9.17) is 4.52 Å². The van der Waals surface area contributed by atoms with E-state index >= 15 is 0 Å². The Kier molecular flexibility index (Phi) is 2.69. The highest BCUT2D eigenvalue weighted by molar-refractivity contribution is 7.09. The van der Waals surface area contributed by atoms with E-state index in [0.29, 0.717) is 6.61 Å². The topological polar surface area (TPSA) is 9.23 Å². The molecule has 1 radical (unpaired) electrons. The van der Waals surface area contributed by atoms with Gasteiger partial charge >= 0.3 is 0 Å². The third-order valence-corrected chi connectivity index (χ3v) is 1.18. The van der Waals surface area contributed by atoms with Gasteiger partial charge in [-0.2, -0.15) is 0 Å². The minimum Gasteiger partial charge on any atom is -0.361 e. The standard InChI is InChI=1S/C7H8OP/c9-8-6-7-4-2-1-3-5-7/h1-4H,6,9H2. The highest BCUT2D eigenvalue weighted by atomic mass is 31.0. The molecule has 0 aliphatic carbocycles. The SMILES string of the molecule is POCc1[c]cccc1. The van der Waals surface area contributed by atoms with Crippen LogP contribution in [0.5, 0.6) is 0 Å². The van der Waals surface area contributed by atoms with E-state index in [9.17, 15) is 0 Å². The fourth-order valence-electron chi connectivity index (χ4n) is 0.610. The van der Waals surface area contributed by atoms with Crippen molar-refractivity contribution in [3.05, 3.63) is 35.9 Å². The third kappa shape index (κ3) is 2.13. The second kappa shape index (κ2) is 3.60. The van der Waals surface area contributed by atoms with E-state index in [2.05, 4.69) is 15.5 Å². The van der Waals surface area contributed by atoms with Gasteiger partial charge in [0, 0.05) is 9.47 Å². The Labute approximate surface area is 57.3 Å². The van der Waals surface area contributed by atoms with Crippen LogP contribution in [0.1, 0.15) is 5.56 Å². The molecule has 1 aromatic rings. The zero-order valence-electron chi connectivity index (χ0n) is 5.00. The first kappa shape index (κ1) is 6.73. The quantitative estimate of drug-likeness (QED) is 0.567. The Morgan fingerprint density at radius 3 is 3.00 bits per heavy atom. The van der Waals surface area contributed by atoms with Crippen LogP contribution in [0.15, 0.2) is 24.3 Å². The molecule has 0 heterocycles. The van der Waals surface area contributed by atoms with Crippen molar-refractivity contribution < 1.29 is 4.52 Å². The van der Waals surface area contributed by atoms with Crippen LogP contribution in [0.3, 0.4) is 0 Å². The second-order valence-corrected chi connectivity index (χ2v) is 2.03. The first-order chi connectivity index (χ1) is 4.43. The van der Waals surface area contributed by atoms with Gasteiger partial charge in [0.25, 0.3) is 0 Å². The van der Waals surface area contributed by atoms with E-state index < -0.39 is 0 Å². The van der Waals surface area contributed by atoms with Crippen molar-refractivity contribution >= 4 is 9.47 Å². The maximum absolute atomic E-state index is 4.81. The molecule has 0 N–H and O–H groups in total. The number of benzene rings is 1. The molecule has 0 saturated carbocycles. The van der Waals surface area contributed by atoms with E-state index in [0.717, 1.165) is 5.56 Å². The molecule has 0 aliphatic rings. The molecule has 0 spiro atoms. The summed E-state index contributed by atoms with van der Waals surface area (Å²) in [6, 6.07) is 10.8.